The molecule has 4 fully saturated rings. The Morgan fingerprint density at radius 3 is 2.26 bits per heavy atom. The lowest BCUT2D eigenvalue weighted by molar-refractivity contribution is -0.142. The zero-order chi connectivity index (χ0) is 24.6. The molecule has 7 atom stereocenters. The molecule has 0 bridgehead atoms. The average molecular weight is 500 g/mol. The highest BCUT2D eigenvalue weighted by molar-refractivity contribution is 7.89. The lowest BCUT2D eigenvalue weighted by Gasteiger charge is -2.54. The zero-order valence-corrected chi connectivity index (χ0v) is 21.8. The van der Waals surface area contributed by atoms with E-state index in [-0.39, 0.29) is 48.0 Å². The summed E-state index contributed by atoms with van der Waals surface area (Å²) in [6.45, 7) is 6.83. The Morgan fingerprint density at radius 2 is 1.68 bits per heavy atom. The van der Waals surface area contributed by atoms with Crippen LogP contribution < -0.4 is 0 Å². The molecule has 34 heavy (non-hydrogen) atoms. The van der Waals surface area contributed by atoms with Crippen molar-refractivity contribution < 1.29 is 27.5 Å². The number of methoxy groups -OCH3 is 1. The smallest absolute Gasteiger partial charge is 0.410 e. The summed E-state index contributed by atoms with van der Waals surface area (Å²) in [4.78, 5) is 29.2. The van der Waals surface area contributed by atoms with E-state index in [1.807, 2.05) is 23.6 Å². The molecule has 2 aliphatic carbocycles. The Kier molecular flexibility index (Phi) is 7.79. The number of amides is 2. The summed E-state index contributed by atoms with van der Waals surface area (Å²) in [7, 11) is -1.53. The maximum Gasteiger partial charge on any atom is 0.410 e. The molecule has 0 aromatic carbocycles. The number of sulfonamides is 1. The Bertz CT molecular complexity index is 867. The molecule has 0 radical (unpaired) electrons. The van der Waals surface area contributed by atoms with Gasteiger partial charge in [-0.25, -0.2) is 13.2 Å². The molecular formula is C24H41N3O6S. The minimum atomic E-state index is -3.21. The SMILES string of the molecule is CCOC(=O)N1C[C@H](C)N(C(C)=O)C2CCC(C3CCC(OC)C(N4CCCS4(=O)=O)C3)CC21. The highest BCUT2D eigenvalue weighted by Crippen LogP contribution is 2.44. The number of hydrogen-bond donors (Lipinski definition) is 0. The van der Waals surface area contributed by atoms with Crippen LogP contribution in [0.15, 0.2) is 0 Å². The quantitative estimate of drug-likeness (QED) is 0.590. The highest BCUT2D eigenvalue weighted by atomic mass is 32.2. The van der Waals surface area contributed by atoms with Crippen LogP contribution in [0.5, 0.6) is 0 Å². The van der Waals surface area contributed by atoms with Crippen LogP contribution in [0.4, 0.5) is 4.79 Å². The van der Waals surface area contributed by atoms with E-state index in [2.05, 4.69) is 0 Å². The minimum Gasteiger partial charge on any atom is -0.450 e. The first kappa shape index (κ1) is 25.7. The number of rotatable bonds is 4. The van der Waals surface area contributed by atoms with Gasteiger partial charge in [0.05, 0.1) is 36.6 Å². The third-order valence-electron chi connectivity index (χ3n) is 8.65. The molecule has 2 aliphatic heterocycles. The number of ether oxygens (including phenoxy) is 2. The fraction of sp³-hybridized carbons (Fsp3) is 0.917. The number of nitrogens with zero attached hydrogens (tertiary/aromatic N) is 3. The van der Waals surface area contributed by atoms with E-state index < -0.39 is 10.0 Å². The molecule has 9 nitrogen and oxygen atoms in total. The van der Waals surface area contributed by atoms with E-state index in [9.17, 15) is 18.0 Å². The van der Waals surface area contributed by atoms with Gasteiger partial charge in [0.25, 0.3) is 0 Å². The molecule has 194 valence electrons. The molecule has 6 unspecified atom stereocenters. The van der Waals surface area contributed by atoms with Gasteiger partial charge in [0.15, 0.2) is 0 Å². The lowest BCUT2D eigenvalue weighted by atomic mass is 9.68. The number of fused-ring (bicyclic) bond motifs is 1. The van der Waals surface area contributed by atoms with Crippen LogP contribution in [0.25, 0.3) is 0 Å². The first-order valence-electron chi connectivity index (χ1n) is 12.9. The van der Waals surface area contributed by atoms with E-state index in [0.717, 1.165) is 38.5 Å². The number of carbonyl (C=O) groups excluding carboxylic acids is 2. The van der Waals surface area contributed by atoms with Gasteiger partial charge in [-0.15, -0.1) is 0 Å². The fourth-order valence-corrected chi connectivity index (χ4v) is 9.00. The van der Waals surface area contributed by atoms with Crippen molar-refractivity contribution in [3.8, 4) is 0 Å². The average Bonchev–Trinajstić information content (AvgIpc) is 3.16. The normalized spacial score (nSPS) is 38.4. The number of piperazine rings is 1. The molecule has 2 amide bonds. The molecule has 0 spiro atoms. The predicted octanol–water partition coefficient (Wildman–Crippen LogP) is 2.45. The molecular weight excluding hydrogens is 458 g/mol. The molecule has 4 aliphatic rings. The summed E-state index contributed by atoms with van der Waals surface area (Å²) < 4.78 is 38.2. The maximum absolute atomic E-state index is 12.8. The van der Waals surface area contributed by atoms with Crippen LogP contribution in [-0.2, 0) is 24.3 Å². The van der Waals surface area contributed by atoms with Crippen molar-refractivity contribution in [1.29, 1.82) is 0 Å². The molecule has 0 aromatic heterocycles. The van der Waals surface area contributed by atoms with Gasteiger partial charge in [0.2, 0.25) is 15.9 Å². The minimum absolute atomic E-state index is 0.00646. The summed E-state index contributed by atoms with van der Waals surface area (Å²) in [5, 5.41) is 0. The second-order valence-electron chi connectivity index (χ2n) is 10.5. The van der Waals surface area contributed by atoms with Crippen molar-refractivity contribution in [3.63, 3.8) is 0 Å². The standard InChI is InChI=1S/C24H41N3O6S/c1-5-33-24(29)25-15-16(2)27(17(3)28)20-9-7-18(13-21(20)25)19-8-10-23(32-4)22(14-19)26-11-6-12-34(26,30)31/h16,18-23H,5-15H2,1-4H3/t16-,18?,19?,20?,21?,22?,23?/m0/s1. The van der Waals surface area contributed by atoms with E-state index >= 15 is 0 Å². The highest BCUT2D eigenvalue weighted by Gasteiger charge is 2.49. The van der Waals surface area contributed by atoms with Crippen LogP contribution in [0, 0.1) is 11.8 Å². The van der Waals surface area contributed by atoms with Crippen molar-refractivity contribution in [2.45, 2.75) is 96.0 Å². The van der Waals surface area contributed by atoms with Gasteiger partial charge >= 0.3 is 6.09 Å². The van der Waals surface area contributed by atoms with E-state index in [1.54, 1.807) is 18.3 Å². The van der Waals surface area contributed by atoms with Crippen molar-refractivity contribution in [1.82, 2.24) is 14.1 Å². The second-order valence-corrected chi connectivity index (χ2v) is 12.6. The van der Waals surface area contributed by atoms with Gasteiger partial charge in [-0.1, -0.05) is 0 Å². The Hall–Kier alpha value is -1.39. The molecule has 2 saturated heterocycles. The van der Waals surface area contributed by atoms with E-state index in [0.29, 0.717) is 38.0 Å². The van der Waals surface area contributed by atoms with Crippen molar-refractivity contribution in [3.05, 3.63) is 0 Å². The predicted molar refractivity (Wildman–Crippen MR) is 128 cm³/mol. The summed E-state index contributed by atoms with van der Waals surface area (Å²) in [5.74, 6) is 1.04. The van der Waals surface area contributed by atoms with Gasteiger partial charge in [0, 0.05) is 33.2 Å². The summed E-state index contributed by atoms with van der Waals surface area (Å²) >= 11 is 0. The largest absolute Gasteiger partial charge is 0.450 e. The topological polar surface area (TPSA) is 96.5 Å². The van der Waals surface area contributed by atoms with Crippen LogP contribution >= 0.6 is 0 Å². The van der Waals surface area contributed by atoms with Crippen molar-refractivity contribution in [2.24, 2.45) is 11.8 Å². The third kappa shape index (κ3) is 4.82. The molecule has 2 saturated carbocycles. The van der Waals surface area contributed by atoms with Crippen molar-refractivity contribution >= 4 is 22.0 Å². The maximum atomic E-state index is 12.8. The van der Waals surface area contributed by atoms with Crippen LogP contribution in [0.3, 0.4) is 0 Å². The Labute approximate surface area is 204 Å². The van der Waals surface area contributed by atoms with Crippen LogP contribution in [-0.4, -0.2) is 97.4 Å². The van der Waals surface area contributed by atoms with Crippen molar-refractivity contribution in [2.75, 3.05) is 32.6 Å². The third-order valence-corrected chi connectivity index (χ3v) is 10.6. The Balaban J connectivity index is 1.53. The molecule has 10 heteroatoms. The van der Waals surface area contributed by atoms with Gasteiger partial charge in [-0.2, -0.15) is 4.31 Å². The van der Waals surface area contributed by atoms with Crippen LogP contribution in [0.1, 0.15) is 65.7 Å². The molecule has 0 aromatic rings. The number of hydrogen-bond acceptors (Lipinski definition) is 6. The molecule has 0 N–H and O–H groups in total. The van der Waals surface area contributed by atoms with Gasteiger partial charge in [-0.3, -0.25) is 4.79 Å². The molecule has 2 heterocycles. The van der Waals surface area contributed by atoms with Gasteiger partial charge < -0.3 is 19.3 Å². The van der Waals surface area contributed by atoms with E-state index in [1.165, 1.54) is 0 Å². The lowest BCUT2D eigenvalue weighted by Crippen LogP contribution is -2.67. The summed E-state index contributed by atoms with van der Waals surface area (Å²) in [6.07, 6.45) is 5.62. The monoisotopic (exact) mass is 499 g/mol. The molecule has 4 rings (SSSR count). The number of carbonyl (C=O) groups is 2. The second kappa shape index (κ2) is 10.3. The Morgan fingerprint density at radius 1 is 1.00 bits per heavy atom. The van der Waals surface area contributed by atoms with Gasteiger partial charge in [-0.05, 0) is 70.6 Å². The first-order chi connectivity index (χ1) is 16.2. The first-order valence-corrected chi connectivity index (χ1v) is 14.5. The fourth-order valence-electron chi connectivity index (χ4n) is 7.23. The van der Waals surface area contributed by atoms with Crippen LogP contribution in [0.2, 0.25) is 0 Å². The summed E-state index contributed by atoms with van der Waals surface area (Å²) in [5.41, 5.74) is 0. The van der Waals surface area contributed by atoms with Gasteiger partial charge in [0.1, 0.15) is 0 Å². The van der Waals surface area contributed by atoms with E-state index in [4.69, 9.17) is 9.47 Å². The zero-order valence-electron chi connectivity index (χ0n) is 21.0. The summed E-state index contributed by atoms with van der Waals surface area (Å²) in [6, 6.07) is -0.212.